The summed E-state index contributed by atoms with van der Waals surface area (Å²) in [5.41, 5.74) is 2.21. The number of hydrogen-bond acceptors (Lipinski definition) is 4. The Bertz CT molecular complexity index is 853. The number of benzene rings is 1. The molecule has 5 nitrogen and oxygen atoms in total. The number of fused-ring (bicyclic) bond motifs is 2. The first-order valence-corrected chi connectivity index (χ1v) is 6.53. The number of carbonyl (C=O) groups excluding carboxylic acids is 1. The third kappa shape index (κ3) is 1.87. The summed E-state index contributed by atoms with van der Waals surface area (Å²) < 4.78 is 1.45. The van der Waals surface area contributed by atoms with Crippen LogP contribution in [0.25, 0.3) is 22.3 Å². The molecule has 0 fully saturated rings. The van der Waals surface area contributed by atoms with E-state index in [1.165, 1.54) is 10.6 Å². The maximum atomic E-state index is 12.0. The molecule has 0 aliphatic heterocycles. The zero-order valence-electron chi connectivity index (χ0n) is 10.8. The fourth-order valence-electron chi connectivity index (χ4n) is 2.09. The van der Waals surface area contributed by atoms with E-state index in [1.54, 1.807) is 18.2 Å². The molecule has 1 aromatic carbocycles. The van der Waals surface area contributed by atoms with Crippen molar-refractivity contribution < 1.29 is 4.79 Å². The number of allylic oxidation sites excluding steroid dienone is 1. The summed E-state index contributed by atoms with van der Waals surface area (Å²) >= 11 is 5.95. The highest BCUT2D eigenvalue weighted by Crippen LogP contribution is 2.20. The highest BCUT2D eigenvalue weighted by atomic mass is 35.5. The third-order valence-corrected chi connectivity index (χ3v) is 3.24. The van der Waals surface area contributed by atoms with Crippen molar-refractivity contribution >= 4 is 39.8 Å². The normalized spacial score (nSPS) is 11.1. The lowest BCUT2D eigenvalue weighted by Gasteiger charge is -2.02. The molecule has 3 rings (SSSR count). The molecule has 0 saturated heterocycles. The molecule has 2 aromatic heterocycles. The number of aromatic nitrogens is 4. The van der Waals surface area contributed by atoms with Crippen molar-refractivity contribution in [1.29, 1.82) is 0 Å². The molecule has 0 unspecified atom stereocenters. The molecular weight excluding hydrogens is 276 g/mol. The lowest BCUT2D eigenvalue weighted by atomic mass is 10.3. The van der Waals surface area contributed by atoms with Crippen LogP contribution in [-0.2, 0) is 6.42 Å². The van der Waals surface area contributed by atoms with Gasteiger partial charge in [0.25, 0.3) is 5.91 Å². The highest BCUT2D eigenvalue weighted by Gasteiger charge is 2.16. The minimum Gasteiger partial charge on any atom is -0.269 e. The van der Waals surface area contributed by atoms with Gasteiger partial charge in [-0.15, -0.1) is 0 Å². The number of hydrogen-bond donors (Lipinski definition) is 0. The predicted octanol–water partition coefficient (Wildman–Crippen LogP) is 3.02. The molecule has 0 atom stereocenters. The molecule has 2 heterocycles. The average Bonchev–Trinajstić information content (AvgIpc) is 2.81. The van der Waals surface area contributed by atoms with Crippen molar-refractivity contribution in [2.45, 2.75) is 13.3 Å². The van der Waals surface area contributed by atoms with Crippen LogP contribution in [0.1, 0.15) is 17.5 Å². The molecule has 0 amide bonds. The lowest BCUT2D eigenvalue weighted by molar-refractivity contribution is 0.0970. The highest BCUT2D eigenvalue weighted by molar-refractivity contribution is 6.31. The van der Waals surface area contributed by atoms with E-state index < -0.39 is 0 Å². The van der Waals surface area contributed by atoms with Gasteiger partial charge in [-0.3, -0.25) is 4.79 Å². The largest absolute Gasteiger partial charge is 0.269 e. The van der Waals surface area contributed by atoms with Gasteiger partial charge in [0.05, 0.1) is 11.0 Å². The number of imidazole rings is 1. The molecular formula is C14H11ClN4O. The van der Waals surface area contributed by atoms with Crippen LogP contribution in [0.5, 0.6) is 0 Å². The van der Waals surface area contributed by atoms with Gasteiger partial charge in [-0.05, 0) is 24.3 Å². The first kappa shape index (κ1) is 12.7. The Morgan fingerprint density at radius 3 is 2.85 bits per heavy atom. The van der Waals surface area contributed by atoms with Crippen LogP contribution in [0.3, 0.4) is 0 Å². The first-order chi connectivity index (χ1) is 9.63. The molecule has 0 aliphatic carbocycles. The van der Waals surface area contributed by atoms with E-state index in [9.17, 15) is 4.79 Å². The van der Waals surface area contributed by atoms with E-state index in [2.05, 4.69) is 21.5 Å². The monoisotopic (exact) mass is 286 g/mol. The topological polar surface area (TPSA) is 60.7 Å². The van der Waals surface area contributed by atoms with E-state index in [-0.39, 0.29) is 5.91 Å². The van der Waals surface area contributed by atoms with Gasteiger partial charge in [0.1, 0.15) is 5.82 Å². The molecule has 20 heavy (non-hydrogen) atoms. The van der Waals surface area contributed by atoms with Crippen molar-refractivity contribution in [3.05, 3.63) is 41.7 Å². The van der Waals surface area contributed by atoms with Gasteiger partial charge in [0, 0.05) is 11.4 Å². The van der Waals surface area contributed by atoms with E-state index in [1.807, 2.05) is 6.92 Å². The second-order valence-electron chi connectivity index (χ2n) is 4.26. The van der Waals surface area contributed by atoms with Crippen molar-refractivity contribution in [2.75, 3.05) is 0 Å². The summed E-state index contributed by atoms with van der Waals surface area (Å²) in [6.45, 7) is 5.43. The first-order valence-electron chi connectivity index (χ1n) is 6.15. The Morgan fingerprint density at radius 1 is 1.35 bits per heavy atom. The van der Waals surface area contributed by atoms with Gasteiger partial charge >= 0.3 is 0 Å². The SMILES string of the molecule is C=CC(=O)n1c(CC)nc2nc3cc(Cl)ccc3nc21. The van der Waals surface area contributed by atoms with Crippen LogP contribution in [0.15, 0.2) is 30.9 Å². The summed E-state index contributed by atoms with van der Waals surface area (Å²) in [7, 11) is 0. The van der Waals surface area contributed by atoms with Crippen molar-refractivity contribution in [3.63, 3.8) is 0 Å². The second-order valence-corrected chi connectivity index (χ2v) is 4.70. The summed E-state index contributed by atoms with van der Waals surface area (Å²) in [5.74, 6) is 0.360. The van der Waals surface area contributed by atoms with E-state index in [0.29, 0.717) is 39.6 Å². The summed E-state index contributed by atoms with van der Waals surface area (Å²) in [6.07, 6.45) is 1.85. The average molecular weight is 287 g/mol. The van der Waals surface area contributed by atoms with Gasteiger partial charge < -0.3 is 0 Å². The van der Waals surface area contributed by atoms with Crippen molar-refractivity contribution in [1.82, 2.24) is 19.5 Å². The maximum absolute atomic E-state index is 12.0. The number of rotatable bonds is 2. The molecule has 100 valence electrons. The molecule has 0 bridgehead atoms. The van der Waals surface area contributed by atoms with Crippen molar-refractivity contribution in [3.8, 4) is 0 Å². The second kappa shape index (κ2) is 4.68. The molecule has 6 heteroatoms. The molecule has 0 radical (unpaired) electrons. The number of halogens is 1. The van der Waals surface area contributed by atoms with Gasteiger partial charge in [-0.25, -0.2) is 19.5 Å². The van der Waals surface area contributed by atoms with Crippen LogP contribution >= 0.6 is 11.6 Å². The Labute approximate surface area is 119 Å². The van der Waals surface area contributed by atoms with Gasteiger partial charge in [0.15, 0.2) is 11.3 Å². The van der Waals surface area contributed by atoms with Gasteiger partial charge in [-0.2, -0.15) is 0 Å². The molecule has 3 aromatic rings. The zero-order valence-corrected chi connectivity index (χ0v) is 11.6. The lowest BCUT2D eigenvalue weighted by Crippen LogP contribution is -2.11. The van der Waals surface area contributed by atoms with Crippen LogP contribution in [0.4, 0.5) is 0 Å². The maximum Gasteiger partial charge on any atom is 0.257 e. The molecule has 0 saturated carbocycles. The van der Waals surface area contributed by atoms with E-state index >= 15 is 0 Å². The van der Waals surface area contributed by atoms with E-state index in [0.717, 1.165) is 0 Å². The van der Waals surface area contributed by atoms with Crippen LogP contribution in [0, 0.1) is 0 Å². The number of carbonyl (C=O) groups is 1. The summed E-state index contributed by atoms with van der Waals surface area (Å²) in [4.78, 5) is 25.2. The van der Waals surface area contributed by atoms with Crippen LogP contribution in [-0.4, -0.2) is 25.4 Å². The Morgan fingerprint density at radius 2 is 2.15 bits per heavy atom. The Kier molecular flexibility index (Phi) is 2.99. The third-order valence-electron chi connectivity index (χ3n) is 3.01. The fraction of sp³-hybridized carbons (Fsp3) is 0.143. The number of nitrogens with zero attached hydrogens (tertiary/aromatic N) is 4. The van der Waals surface area contributed by atoms with Crippen molar-refractivity contribution in [2.24, 2.45) is 0 Å². The summed E-state index contributed by atoms with van der Waals surface area (Å²) in [5, 5.41) is 0.587. The molecule has 0 N–H and O–H groups in total. The van der Waals surface area contributed by atoms with Crippen LogP contribution in [0.2, 0.25) is 5.02 Å². The minimum atomic E-state index is -0.257. The quantitative estimate of drug-likeness (QED) is 0.679. The molecule has 0 aliphatic rings. The Balaban J connectivity index is 2.40. The summed E-state index contributed by atoms with van der Waals surface area (Å²) in [6, 6.07) is 5.23. The molecule has 0 spiro atoms. The van der Waals surface area contributed by atoms with Gasteiger partial charge in [0.2, 0.25) is 0 Å². The predicted molar refractivity (Wildman–Crippen MR) is 78.0 cm³/mol. The van der Waals surface area contributed by atoms with E-state index in [4.69, 9.17) is 11.6 Å². The smallest absolute Gasteiger partial charge is 0.257 e. The van der Waals surface area contributed by atoms with Crippen LogP contribution < -0.4 is 0 Å². The standard InChI is InChI=1S/C14H11ClN4O/c1-3-11-18-13-14(19(11)12(20)4-2)17-9-6-5-8(15)7-10(9)16-13/h4-7H,2-3H2,1H3. The zero-order chi connectivity index (χ0) is 14.3. The number of aryl methyl sites for hydroxylation is 1. The Hall–Kier alpha value is -2.27. The van der Waals surface area contributed by atoms with Gasteiger partial charge in [-0.1, -0.05) is 25.1 Å². The fourth-order valence-corrected chi connectivity index (χ4v) is 2.25. The minimum absolute atomic E-state index is 0.257.